The van der Waals surface area contributed by atoms with Crippen molar-refractivity contribution < 1.29 is 13.2 Å². The molecule has 0 bridgehead atoms. The van der Waals surface area contributed by atoms with Crippen LogP contribution >= 0.6 is 0 Å². The van der Waals surface area contributed by atoms with Gasteiger partial charge in [0.2, 0.25) is 10.0 Å². The van der Waals surface area contributed by atoms with Crippen molar-refractivity contribution >= 4 is 21.9 Å². The van der Waals surface area contributed by atoms with E-state index in [1.54, 1.807) is 0 Å². The van der Waals surface area contributed by atoms with Crippen molar-refractivity contribution in [3.8, 4) is 0 Å². The summed E-state index contributed by atoms with van der Waals surface area (Å²) in [6, 6.07) is 18.8. The molecule has 3 rings (SSSR count). The molecule has 7 nitrogen and oxygen atoms in total. The highest BCUT2D eigenvalue weighted by Crippen LogP contribution is 2.35. The normalized spacial score (nSPS) is 16.0. The summed E-state index contributed by atoms with van der Waals surface area (Å²) in [7, 11) is -3.23. The van der Waals surface area contributed by atoms with Crippen molar-refractivity contribution in [2.45, 2.75) is 31.7 Å². The monoisotopic (exact) mass is 428 g/mol. The molecule has 1 aliphatic heterocycles. The lowest BCUT2D eigenvalue weighted by Gasteiger charge is -2.28. The first-order valence-electron chi connectivity index (χ1n) is 10.2. The summed E-state index contributed by atoms with van der Waals surface area (Å²) in [5.41, 5.74) is 0.420. The van der Waals surface area contributed by atoms with E-state index < -0.39 is 15.6 Å². The predicted molar refractivity (Wildman–Crippen MR) is 118 cm³/mol. The summed E-state index contributed by atoms with van der Waals surface area (Å²) in [4.78, 5) is 15.0. The first kappa shape index (κ1) is 22.0. The average molecular weight is 429 g/mol. The van der Waals surface area contributed by atoms with Crippen LogP contribution in [0.5, 0.6) is 0 Å². The second kappa shape index (κ2) is 9.40. The lowest BCUT2D eigenvalue weighted by atomic mass is 9.82. The fraction of sp³-hybridized carbons (Fsp3) is 0.364. The standard InChI is InChI=1S/C22H28N4O3S/c1-2-17-30(28,29)24-15-9-10-16-26-20(27)22(25-21(26)23,18-11-5-3-6-12-18)19-13-7-4-8-14-19/h3-8,11-14,24H,2,9-10,15-17H2,1H3,(H2,23,25). The van der Waals surface area contributed by atoms with E-state index in [0.717, 1.165) is 11.1 Å². The van der Waals surface area contributed by atoms with Gasteiger partial charge in [0.15, 0.2) is 11.5 Å². The molecule has 1 heterocycles. The molecule has 0 saturated carbocycles. The van der Waals surface area contributed by atoms with Gasteiger partial charge in [-0.05, 0) is 30.4 Å². The maximum absolute atomic E-state index is 13.6. The number of guanidine groups is 1. The number of amides is 1. The maximum atomic E-state index is 13.6. The van der Waals surface area contributed by atoms with Crippen LogP contribution in [0.25, 0.3) is 0 Å². The molecule has 1 fully saturated rings. The number of sulfonamides is 1. The van der Waals surface area contributed by atoms with E-state index in [4.69, 9.17) is 5.41 Å². The van der Waals surface area contributed by atoms with Crippen LogP contribution in [0.3, 0.4) is 0 Å². The third kappa shape index (κ3) is 4.55. The molecular weight excluding hydrogens is 400 g/mol. The Morgan fingerprint density at radius 3 is 2.10 bits per heavy atom. The van der Waals surface area contributed by atoms with Gasteiger partial charge in [0, 0.05) is 13.1 Å². The first-order valence-corrected chi connectivity index (χ1v) is 11.8. The molecule has 2 aromatic rings. The fourth-order valence-electron chi connectivity index (χ4n) is 3.71. The average Bonchev–Trinajstić information content (AvgIpc) is 3.00. The Bertz CT molecular complexity index is 938. The van der Waals surface area contributed by atoms with Crippen LogP contribution < -0.4 is 10.0 Å². The molecule has 1 amide bonds. The number of rotatable bonds is 10. The summed E-state index contributed by atoms with van der Waals surface area (Å²) < 4.78 is 26.0. The largest absolute Gasteiger partial charge is 0.334 e. The van der Waals surface area contributed by atoms with Gasteiger partial charge >= 0.3 is 0 Å². The van der Waals surface area contributed by atoms with Gasteiger partial charge in [-0.3, -0.25) is 15.1 Å². The molecule has 0 atom stereocenters. The van der Waals surface area contributed by atoms with Gasteiger partial charge in [0.05, 0.1) is 5.75 Å². The Morgan fingerprint density at radius 1 is 1.00 bits per heavy atom. The quantitative estimate of drug-likeness (QED) is 0.506. The van der Waals surface area contributed by atoms with Crippen molar-refractivity contribution in [2.75, 3.05) is 18.8 Å². The zero-order chi connectivity index (χ0) is 21.6. The molecule has 30 heavy (non-hydrogen) atoms. The van der Waals surface area contributed by atoms with Crippen molar-refractivity contribution in [2.24, 2.45) is 0 Å². The van der Waals surface area contributed by atoms with Crippen LogP contribution in [0.15, 0.2) is 60.7 Å². The molecule has 2 aromatic carbocycles. The predicted octanol–water partition coefficient (Wildman–Crippen LogP) is 2.41. The van der Waals surface area contributed by atoms with Crippen molar-refractivity contribution in [3.63, 3.8) is 0 Å². The molecule has 1 saturated heterocycles. The Balaban J connectivity index is 1.73. The molecule has 1 aliphatic rings. The van der Waals surface area contributed by atoms with E-state index in [9.17, 15) is 13.2 Å². The van der Waals surface area contributed by atoms with Gasteiger partial charge in [-0.1, -0.05) is 67.6 Å². The van der Waals surface area contributed by atoms with Gasteiger partial charge in [0.25, 0.3) is 5.91 Å². The molecule has 8 heteroatoms. The molecule has 0 radical (unpaired) electrons. The lowest BCUT2D eigenvalue weighted by Crippen LogP contribution is -2.45. The van der Waals surface area contributed by atoms with Crippen LogP contribution in [0.4, 0.5) is 0 Å². The van der Waals surface area contributed by atoms with E-state index in [0.29, 0.717) is 32.4 Å². The SMILES string of the molecule is CCCS(=O)(=O)NCCCCN1C(=N)NC(c2ccccc2)(c2ccccc2)C1=O. The highest BCUT2D eigenvalue weighted by molar-refractivity contribution is 7.89. The maximum Gasteiger partial charge on any atom is 0.264 e. The first-order chi connectivity index (χ1) is 14.4. The van der Waals surface area contributed by atoms with Crippen molar-refractivity contribution in [3.05, 3.63) is 71.8 Å². The summed E-state index contributed by atoms with van der Waals surface area (Å²) in [6.45, 7) is 2.50. The minimum atomic E-state index is -3.23. The molecular formula is C22H28N4O3S. The Morgan fingerprint density at radius 2 is 1.57 bits per heavy atom. The second-order valence-corrected chi connectivity index (χ2v) is 9.26. The van der Waals surface area contributed by atoms with Crippen LogP contribution in [0.1, 0.15) is 37.3 Å². The van der Waals surface area contributed by atoms with Gasteiger partial charge < -0.3 is 5.32 Å². The minimum absolute atomic E-state index is 0.0549. The Labute approximate surface area is 178 Å². The molecule has 3 N–H and O–H groups in total. The number of nitrogens with zero attached hydrogens (tertiary/aromatic N) is 1. The number of benzene rings is 2. The number of nitrogens with one attached hydrogen (secondary N) is 3. The second-order valence-electron chi connectivity index (χ2n) is 7.33. The topological polar surface area (TPSA) is 102 Å². The molecule has 0 aliphatic carbocycles. The van der Waals surface area contributed by atoms with Gasteiger partial charge in [-0.15, -0.1) is 0 Å². The molecule has 0 spiro atoms. The summed E-state index contributed by atoms with van der Waals surface area (Å²) in [5.74, 6) is -0.0289. The lowest BCUT2D eigenvalue weighted by molar-refractivity contribution is -0.130. The third-order valence-electron chi connectivity index (χ3n) is 5.16. The van der Waals surface area contributed by atoms with Crippen LogP contribution in [-0.4, -0.2) is 44.0 Å². The molecule has 160 valence electrons. The van der Waals surface area contributed by atoms with Crippen molar-refractivity contribution in [1.82, 2.24) is 14.9 Å². The number of hydrogen-bond acceptors (Lipinski definition) is 4. The van der Waals surface area contributed by atoms with Crippen LogP contribution in [-0.2, 0) is 20.4 Å². The fourth-order valence-corrected chi connectivity index (χ4v) is 4.85. The summed E-state index contributed by atoms with van der Waals surface area (Å²) in [6.07, 6.45) is 1.75. The summed E-state index contributed by atoms with van der Waals surface area (Å²) in [5, 5.41) is 11.5. The summed E-state index contributed by atoms with van der Waals surface area (Å²) >= 11 is 0. The zero-order valence-corrected chi connectivity index (χ0v) is 17.9. The van der Waals surface area contributed by atoms with Gasteiger partial charge in [-0.2, -0.15) is 0 Å². The van der Waals surface area contributed by atoms with Crippen LogP contribution in [0, 0.1) is 5.41 Å². The number of carbonyl (C=O) groups excluding carboxylic acids is 1. The van der Waals surface area contributed by atoms with E-state index in [-0.39, 0.29) is 17.6 Å². The Hall–Kier alpha value is -2.71. The molecule has 0 unspecified atom stereocenters. The van der Waals surface area contributed by atoms with Crippen LogP contribution in [0.2, 0.25) is 0 Å². The van der Waals surface area contributed by atoms with Crippen molar-refractivity contribution in [1.29, 1.82) is 5.41 Å². The number of carbonyl (C=O) groups is 1. The van der Waals surface area contributed by atoms with E-state index in [2.05, 4.69) is 10.0 Å². The van der Waals surface area contributed by atoms with E-state index in [1.807, 2.05) is 67.6 Å². The Kier molecular flexibility index (Phi) is 6.89. The highest BCUT2D eigenvalue weighted by atomic mass is 32.2. The van der Waals surface area contributed by atoms with E-state index >= 15 is 0 Å². The third-order valence-corrected chi connectivity index (χ3v) is 6.75. The number of unbranched alkanes of at least 4 members (excludes halogenated alkanes) is 1. The van der Waals surface area contributed by atoms with Gasteiger partial charge in [0.1, 0.15) is 0 Å². The molecule has 0 aromatic heterocycles. The smallest absolute Gasteiger partial charge is 0.264 e. The minimum Gasteiger partial charge on any atom is -0.334 e. The zero-order valence-electron chi connectivity index (χ0n) is 17.1. The highest BCUT2D eigenvalue weighted by Gasteiger charge is 2.51. The number of hydrogen-bond donors (Lipinski definition) is 3. The van der Waals surface area contributed by atoms with Gasteiger partial charge in [-0.25, -0.2) is 13.1 Å². The van der Waals surface area contributed by atoms with E-state index in [1.165, 1.54) is 4.90 Å².